The number of hydrogen-bond donors (Lipinski definition) is 1. The smallest absolute Gasteiger partial charge is 0.419 e. The lowest BCUT2D eigenvalue weighted by Crippen LogP contribution is -2.10. The van der Waals surface area contributed by atoms with Gasteiger partial charge in [0.05, 0.1) is 12.7 Å². The molecule has 0 saturated heterocycles. The first-order valence-corrected chi connectivity index (χ1v) is 5.52. The van der Waals surface area contributed by atoms with Gasteiger partial charge in [-0.2, -0.15) is 13.2 Å². The molecule has 0 fully saturated rings. The monoisotopic (exact) mass is 279 g/mol. The van der Waals surface area contributed by atoms with Gasteiger partial charge in [-0.3, -0.25) is 4.79 Å². The summed E-state index contributed by atoms with van der Waals surface area (Å²) in [7, 11) is 1.26. The number of anilines is 1. The molecule has 0 heterocycles. The molecule has 1 N–H and O–H groups in total. The van der Waals surface area contributed by atoms with Crippen molar-refractivity contribution in [3.8, 4) is 0 Å². The number of carbonyl (C=O) groups excluding carboxylic acids is 1. The number of methoxy groups -OCH3 is 1. The van der Waals surface area contributed by atoms with E-state index in [1.807, 2.05) is 0 Å². The molecule has 106 valence electrons. The van der Waals surface area contributed by atoms with Crippen LogP contribution in [0.25, 0.3) is 0 Å². The minimum absolute atomic E-state index is 0.151. The molecular weight excluding hydrogens is 266 g/mol. The number of alkyl halides is 3. The highest BCUT2D eigenvalue weighted by atomic mass is 19.4. The van der Waals surface area contributed by atoms with Crippen LogP contribution < -0.4 is 5.32 Å². The van der Waals surface area contributed by atoms with Gasteiger partial charge < -0.3 is 10.1 Å². The summed E-state index contributed by atoms with van der Waals surface area (Å²) in [6, 6.07) is 2.67. The Kier molecular flexibility index (Phi) is 5.14. The number of esters is 1. The van der Waals surface area contributed by atoms with Gasteiger partial charge in [-0.1, -0.05) is 0 Å². The zero-order valence-electron chi connectivity index (χ0n) is 10.2. The van der Waals surface area contributed by atoms with Crippen molar-refractivity contribution in [2.75, 3.05) is 19.0 Å². The van der Waals surface area contributed by atoms with E-state index in [1.54, 1.807) is 0 Å². The molecule has 0 aliphatic carbocycles. The summed E-state index contributed by atoms with van der Waals surface area (Å²) in [6.45, 7) is 0.290. The van der Waals surface area contributed by atoms with Crippen molar-refractivity contribution in [3.63, 3.8) is 0 Å². The maximum atomic E-state index is 13.0. The van der Waals surface area contributed by atoms with E-state index in [2.05, 4.69) is 10.1 Å². The van der Waals surface area contributed by atoms with Crippen molar-refractivity contribution < 1.29 is 27.1 Å². The van der Waals surface area contributed by atoms with E-state index < -0.39 is 23.5 Å². The molecule has 19 heavy (non-hydrogen) atoms. The summed E-state index contributed by atoms with van der Waals surface area (Å²) in [4.78, 5) is 10.8. The number of carbonyl (C=O) groups is 1. The van der Waals surface area contributed by atoms with E-state index in [-0.39, 0.29) is 18.7 Å². The third kappa shape index (κ3) is 4.76. The van der Waals surface area contributed by atoms with Crippen LogP contribution in [0.5, 0.6) is 0 Å². The number of benzene rings is 1. The molecule has 1 rings (SSSR count). The van der Waals surface area contributed by atoms with Crippen molar-refractivity contribution in [2.24, 2.45) is 0 Å². The minimum atomic E-state index is -4.73. The predicted octanol–water partition coefficient (Wildman–Crippen LogP) is 3.21. The summed E-state index contributed by atoms with van der Waals surface area (Å²) in [5.74, 6) is -1.70. The quantitative estimate of drug-likeness (QED) is 0.511. The average Bonchev–Trinajstić information content (AvgIpc) is 2.34. The zero-order chi connectivity index (χ0) is 14.5. The van der Waals surface area contributed by atoms with Gasteiger partial charge in [-0.15, -0.1) is 0 Å². The van der Waals surface area contributed by atoms with Crippen LogP contribution in [0.2, 0.25) is 0 Å². The molecule has 1 aromatic rings. The average molecular weight is 279 g/mol. The topological polar surface area (TPSA) is 38.3 Å². The van der Waals surface area contributed by atoms with Gasteiger partial charge >= 0.3 is 12.1 Å². The van der Waals surface area contributed by atoms with Crippen LogP contribution in [-0.2, 0) is 15.7 Å². The fourth-order valence-corrected chi connectivity index (χ4v) is 1.42. The molecule has 3 nitrogen and oxygen atoms in total. The molecule has 0 saturated carbocycles. The summed E-state index contributed by atoms with van der Waals surface area (Å²) in [5.41, 5.74) is -1.16. The Morgan fingerprint density at radius 3 is 2.63 bits per heavy atom. The largest absolute Gasteiger partial charge is 0.469 e. The van der Waals surface area contributed by atoms with Gasteiger partial charge in [-0.25, -0.2) is 4.39 Å². The highest BCUT2D eigenvalue weighted by Gasteiger charge is 2.34. The fraction of sp³-hybridized carbons (Fsp3) is 0.417. The van der Waals surface area contributed by atoms with Crippen LogP contribution in [0, 0.1) is 5.82 Å². The fourth-order valence-electron chi connectivity index (χ4n) is 1.42. The van der Waals surface area contributed by atoms with Crippen LogP contribution in [0.4, 0.5) is 23.2 Å². The number of ether oxygens (including phenoxy) is 1. The first kappa shape index (κ1) is 15.3. The number of nitrogens with one attached hydrogen (secondary N) is 1. The summed E-state index contributed by atoms with van der Waals surface area (Å²) in [5, 5.41) is 2.69. The Morgan fingerprint density at radius 2 is 2.05 bits per heavy atom. The molecule has 0 radical (unpaired) electrons. The number of halogens is 4. The molecule has 0 atom stereocenters. The van der Waals surface area contributed by atoms with E-state index in [0.717, 1.165) is 6.07 Å². The minimum Gasteiger partial charge on any atom is -0.469 e. The van der Waals surface area contributed by atoms with E-state index in [0.29, 0.717) is 12.5 Å². The van der Waals surface area contributed by atoms with Crippen molar-refractivity contribution in [2.45, 2.75) is 19.0 Å². The lowest BCUT2D eigenvalue weighted by molar-refractivity contribution is -0.141. The van der Waals surface area contributed by atoms with Gasteiger partial charge in [0.15, 0.2) is 0 Å². The first-order chi connectivity index (χ1) is 8.84. The molecule has 0 amide bonds. The Morgan fingerprint density at radius 1 is 1.37 bits per heavy atom. The molecule has 1 aromatic carbocycles. The second-order valence-electron chi connectivity index (χ2n) is 3.80. The van der Waals surface area contributed by atoms with E-state index in [9.17, 15) is 22.4 Å². The van der Waals surface area contributed by atoms with Crippen molar-refractivity contribution >= 4 is 11.7 Å². The zero-order valence-corrected chi connectivity index (χ0v) is 10.2. The van der Waals surface area contributed by atoms with Crippen LogP contribution in [0.1, 0.15) is 18.4 Å². The molecule has 0 bridgehead atoms. The van der Waals surface area contributed by atoms with Gasteiger partial charge in [0, 0.05) is 18.7 Å². The maximum absolute atomic E-state index is 13.0. The molecule has 7 heteroatoms. The SMILES string of the molecule is COC(=O)CCCNc1ccc(F)c(C(F)(F)F)c1. The lowest BCUT2D eigenvalue weighted by Gasteiger charge is -2.11. The van der Waals surface area contributed by atoms with Crippen LogP contribution in [0.15, 0.2) is 18.2 Å². The standard InChI is InChI=1S/C12H13F4NO2/c1-19-11(18)3-2-6-17-8-4-5-10(13)9(7-8)12(14,15)16/h4-5,7,17H,2-3,6H2,1H3. The van der Waals surface area contributed by atoms with Crippen LogP contribution >= 0.6 is 0 Å². The molecule has 0 aliphatic heterocycles. The predicted molar refractivity (Wildman–Crippen MR) is 61.1 cm³/mol. The Labute approximate surface area is 107 Å². The third-order valence-electron chi connectivity index (χ3n) is 2.39. The molecule has 0 spiro atoms. The van der Waals surface area contributed by atoms with Crippen molar-refractivity contribution in [1.82, 2.24) is 0 Å². The number of hydrogen-bond acceptors (Lipinski definition) is 3. The third-order valence-corrected chi connectivity index (χ3v) is 2.39. The normalized spacial score (nSPS) is 11.2. The highest BCUT2D eigenvalue weighted by molar-refractivity contribution is 5.69. The first-order valence-electron chi connectivity index (χ1n) is 5.52. The molecular formula is C12H13F4NO2. The van der Waals surface area contributed by atoms with Gasteiger partial charge in [0.2, 0.25) is 0 Å². The Bertz CT molecular complexity index is 446. The van der Waals surface area contributed by atoms with Crippen LogP contribution in [-0.4, -0.2) is 19.6 Å². The molecule has 0 aromatic heterocycles. The maximum Gasteiger partial charge on any atom is 0.419 e. The Hall–Kier alpha value is -1.79. The Balaban J connectivity index is 2.58. The summed E-state index contributed by atoms with van der Waals surface area (Å²) >= 11 is 0. The molecule has 0 unspecified atom stereocenters. The second kappa shape index (κ2) is 6.40. The summed E-state index contributed by atoms with van der Waals surface area (Å²) in [6.07, 6.45) is -4.16. The second-order valence-corrected chi connectivity index (χ2v) is 3.80. The molecule has 0 aliphatic rings. The highest BCUT2D eigenvalue weighted by Crippen LogP contribution is 2.32. The van der Waals surface area contributed by atoms with Gasteiger partial charge in [0.1, 0.15) is 5.82 Å². The lowest BCUT2D eigenvalue weighted by atomic mass is 10.1. The van der Waals surface area contributed by atoms with Gasteiger partial charge in [-0.05, 0) is 24.6 Å². The van der Waals surface area contributed by atoms with E-state index in [1.165, 1.54) is 13.2 Å². The van der Waals surface area contributed by atoms with E-state index >= 15 is 0 Å². The van der Waals surface area contributed by atoms with Crippen LogP contribution in [0.3, 0.4) is 0 Å². The summed E-state index contributed by atoms with van der Waals surface area (Å²) < 4.78 is 54.7. The number of rotatable bonds is 5. The van der Waals surface area contributed by atoms with E-state index in [4.69, 9.17) is 0 Å². The van der Waals surface area contributed by atoms with Gasteiger partial charge in [0.25, 0.3) is 0 Å². The van der Waals surface area contributed by atoms with Crippen molar-refractivity contribution in [1.29, 1.82) is 0 Å². The van der Waals surface area contributed by atoms with Crippen molar-refractivity contribution in [3.05, 3.63) is 29.6 Å².